The molecular weight excluding hydrogens is 228 g/mol. The van der Waals surface area contributed by atoms with Crippen molar-refractivity contribution >= 4 is 0 Å². The molecule has 0 fully saturated rings. The largest absolute Gasteiger partial charge is 0.497 e. The van der Waals surface area contributed by atoms with Crippen LogP contribution >= 0.6 is 0 Å². The molecule has 0 aliphatic heterocycles. The maximum atomic E-state index is 5.12. The van der Waals surface area contributed by atoms with Crippen LogP contribution in [0.4, 0.5) is 0 Å². The average molecular weight is 246 g/mol. The van der Waals surface area contributed by atoms with E-state index in [0.717, 1.165) is 31.0 Å². The first-order valence-electron chi connectivity index (χ1n) is 5.97. The number of methoxy groups -OCH3 is 1. The third-order valence-corrected chi connectivity index (χ3v) is 2.71. The smallest absolute Gasteiger partial charge is 0.118 e. The van der Waals surface area contributed by atoms with Crippen LogP contribution in [0.5, 0.6) is 5.75 Å². The molecule has 1 aromatic heterocycles. The first kappa shape index (κ1) is 12.6. The van der Waals surface area contributed by atoms with Gasteiger partial charge in [-0.05, 0) is 30.7 Å². The van der Waals surface area contributed by atoms with E-state index in [1.54, 1.807) is 11.8 Å². The van der Waals surface area contributed by atoms with Crippen LogP contribution < -0.4 is 10.1 Å². The highest BCUT2D eigenvalue weighted by Gasteiger charge is 1.98. The Hall–Kier alpha value is -1.88. The van der Waals surface area contributed by atoms with Crippen molar-refractivity contribution in [2.45, 2.75) is 13.0 Å². The summed E-state index contributed by atoms with van der Waals surface area (Å²) >= 11 is 0. The number of hydrogen-bond donors (Lipinski definition) is 1. The van der Waals surface area contributed by atoms with Gasteiger partial charge in [0, 0.05) is 19.8 Å². The lowest BCUT2D eigenvalue weighted by Crippen LogP contribution is -2.16. The summed E-state index contributed by atoms with van der Waals surface area (Å²) in [6.07, 6.45) is 2.91. The molecule has 0 spiro atoms. The van der Waals surface area contributed by atoms with Crippen LogP contribution in [0.2, 0.25) is 0 Å². The van der Waals surface area contributed by atoms with Gasteiger partial charge in [0.05, 0.1) is 12.8 Å². The van der Waals surface area contributed by atoms with Crippen molar-refractivity contribution in [3.05, 3.63) is 41.7 Å². The summed E-state index contributed by atoms with van der Waals surface area (Å²) in [4.78, 5) is 0. The number of nitrogens with one attached hydrogen (secondary N) is 1. The second-order valence-electron chi connectivity index (χ2n) is 4.16. The number of benzene rings is 1. The fourth-order valence-electron chi connectivity index (χ4n) is 1.72. The monoisotopic (exact) mass is 246 g/mol. The van der Waals surface area contributed by atoms with Crippen molar-refractivity contribution in [3.63, 3.8) is 0 Å². The van der Waals surface area contributed by atoms with Gasteiger partial charge >= 0.3 is 0 Å². The highest BCUT2D eigenvalue weighted by atomic mass is 16.5. The quantitative estimate of drug-likeness (QED) is 0.777. The van der Waals surface area contributed by atoms with Gasteiger partial charge in [0.1, 0.15) is 5.75 Å². The highest BCUT2D eigenvalue weighted by molar-refractivity contribution is 5.27. The summed E-state index contributed by atoms with van der Waals surface area (Å²) in [6, 6.07) is 8.14. The Labute approximate surface area is 107 Å². The summed E-state index contributed by atoms with van der Waals surface area (Å²) in [5.41, 5.74) is 2.26. The molecule has 18 heavy (non-hydrogen) atoms. The van der Waals surface area contributed by atoms with Gasteiger partial charge in [0.25, 0.3) is 0 Å². The van der Waals surface area contributed by atoms with Crippen LogP contribution in [0.1, 0.15) is 11.3 Å². The number of rotatable bonds is 6. The standard InChI is InChI=1S/C13H18N4O/c1-17-10-12(15-16-17)9-14-8-7-11-3-5-13(18-2)6-4-11/h3-6,10,14H,7-9H2,1-2H3. The van der Waals surface area contributed by atoms with Crippen LogP contribution in [0.15, 0.2) is 30.5 Å². The van der Waals surface area contributed by atoms with Crippen LogP contribution in [-0.2, 0) is 20.0 Å². The number of nitrogens with zero attached hydrogens (tertiary/aromatic N) is 3. The lowest BCUT2D eigenvalue weighted by molar-refractivity contribution is 0.414. The van der Waals surface area contributed by atoms with Crippen molar-refractivity contribution in [1.29, 1.82) is 0 Å². The fourth-order valence-corrected chi connectivity index (χ4v) is 1.72. The Kier molecular flexibility index (Phi) is 4.30. The summed E-state index contributed by atoms with van der Waals surface area (Å²) < 4.78 is 6.83. The second kappa shape index (κ2) is 6.16. The van der Waals surface area contributed by atoms with Crippen molar-refractivity contribution in [1.82, 2.24) is 20.3 Å². The molecule has 0 unspecified atom stereocenters. The Morgan fingerprint density at radius 2 is 2.06 bits per heavy atom. The van der Waals surface area contributed by atoms with E-state index in [-0.39, 0.29) is 0 Å². The van der Waals surface area contributed by atoms with Gasteiger partial charge in [-0.25, -0.2) is 0 Å². The number of aromatic nitrogens is 3. The highest BCUT2D eigenvalue weighted by Crippen LogP contribution is 2.11. The molecule has 2 rings (SSSR count). The Balaban J connectivity index is 1.71. The van der Waals surface area contributed by atoms with Gasteiger partial charge in [0.2, 0.25) is 0 Å². The maximum Gasteiger partial charge on any atom is 0.118 e. The van der Waals surface area contributed by atoms with E-state index in [2.05, 4.69) is 27.8 Å². The predicted octanol–water partition coefficient (Wildman–Crippen LogP) is 1.16. The molecule has 0 saturated carbocycles. The molecule has 1 heterocycles. The van der Waals surface area contributed by atoms with Crippen molar-refractivity contribution in [3.8, 4) is 5.75 Å². The number of ether oxygens (including phenoxy) is 1. The lowest BCUT2D eigenvalue weighted by Gasteiger charge is -2.04. The third-order valence-electron chi connectivity index (χ3n) is 2.71. The molecule has 0 amide bonds. The number of hydrogen-bond acceptors (Lipinski definition) is 4. The van der Waals surface area contributed by atoms with E-state index in [0.29, 0.717) is 0 Å². The summed E-state index contributed by atoms with van der Waals surface area (Å²) in [5, 5.41) is 11.2. The normalized spacial score (nSPS) is 10.6. The van der Waals surface area contributed by atoms with Gasteiger partial charge in [-0.3, -0.25) is 4.68 Å². The molecule has 0 aliphatic carbocycles. The van der Waals surface area contributed by atoms with Crippen LogP contribution in [0.3, 0.4) is 0 Å². The lowest BCUT2D eigenvalue weighted by atomic mass is 10.1. The molecular formula is C13H18N4O. The third kappa shape index (κ3) is 3.56. The first-order chi connectivity index (χ1) is 8.78. The second-order valence-corrected chi connectivity index (χ2v) is 4.16. The van der Waals surface area contributed by atoms with E-state index < -0.39 is 0 Å². The van der Waals surface area contributed by atoms with Crippen molar-refractivity contribution in [2.24, 2.45) is 7.05 Å². The maximum absolute atomic E-state index is 5.12. The predicted molar refractivity (Wildman–Crippen MR) is 69.4 cm³/mol. The molecule has 0 aliphatic rings. The van der Waals surface area contributed by atoms with Gasteiger partial charge in [-0.2, -0.15) is 0 Å². The minimum absolute atomic E-state index is 0.754. The molecule has 0 saturated heterocycles. The van der Waals surface area contributed by atoms with E-state index >= 15 is 0 Å². The minimum Gasteiger partial charge on any atom is -0.497 e. The van der Waals surface area contributed by atoms with Gasteiger partial charge in [0.15, 0.2) is 0 Å². The molecule has 1 N–H and O–H groups in total. The molecule has 0 radical (unpaired) electrons. The molecule has 96 valence electrons. The topological polar surface area (TPSA) is 52.0 Å². The average Bonchev–Trinajstić information content (AvgIpc) is 2.81. The van der Waals surface area contributed by atoms with Gasteiger partial charge < -0.3 is 10.1 Å². The number of aryl methyl sites for hydroxylation is 1. The molecule has 5 nitrogen and oxygen atoms in total. The molecule has 0 bridgehead atoms. The SMILES string of the molecule is COc1ccc(CCNCc2cn(C)nn2)cc1. The van der Waals surface area contributed by atoms with Gasteiger partial charge in [-0.15, -0.1) is 5.10 Å². The Bertz CT molecular complexity index is 478. The van der Waals surface area contributed by atoms with E-state index in [1.807, 2.05) is 25.4 Å². The summed E-state index contributed by atoms with van der Waals surface area (Å²) in [7, 11) is 3.55. The zero-order chi connectivity index (χ0) is 12.8. The first-order valence-corrected chi connectivity index (χ1v) is 5.97. The molecule has 5 heteroatoms. The fraction of sp³-hybridized carbons (Fsp3) is 0.385. The van der Waals surface area contributed by atoms with E-state index in [9.17, 15) is 0 Å². The van der Waals surface area contributed by atoms with E-state index in [1.165, 1.54) is 5.56 Å². The summed E-state index contributed by atoms with van der Waals surface area (Å²) in [6.45, 7) is 1.67. The van der Waals surface area contributed by atoms with Crippen LogP contribution in [0.25, 0.3) is 0 Å². The van der Waals surface area contributed by atoms with Crippen molar-refractivity contribution < 1.29 is 4.74 Å². The zero-order valence-corrected chi connectivity index (χ0v) is 10.8. The molecule has 0 atom stereocenters. The molecule has 1 aromatic carbocycles. The Morgan fingerprint density at radius 3 is 2.67 bits per heavy atom. The minimum atomic E-state index is 0.754. The van der Waals surface area contributed by atoms with E-state index in [4.69, 9.17) is 4.74 Å². The van der Waals surface area contributed by atoms with Crippen LogP contribution in [-0.4, -0.2) is 28.6 Å². The zero-order valence-electron chi connectivity index (χ0n) is 10.8. The van der Waals surface area contributed by atoms with Gasteiger partial charge in [-0.1, -0.05) is 17.3 Å². The van der Waals surface area contributed by atoms with Crippen molar-refractivity contribution in [2.75, 3.05) is 13.7 Å². The summed E-state index contributed by atoms with van der Waals surface area (Å²) in [5.74, 6) is 0.895. The van der Waals surface area contributed by atoms with Crippen LogP contribution in [0, 0.1) is 0 Å². The Morgan fingerprint density at radius 1 is 1.28 bits per heavy atom. The molecule has 2 aromatic rings.